The van der Waals surface area contributed by atoms with Crippen LogP contribution in [0.1, 0.15) is 33.1 Å². The van der Waals surface area contributed by atoms with Gasteiger partial charge >= 0.3 is 0 Å². The average molecular weight is 292 g/mol. The van der Waals surface area contributed by atoms with E-state index in [1.807, 2.05) is 13.8 Å². The molecular formula is C13H22F2N2O3. The van der Waals surface area contributed by atoms with E-state index in [4.69, 9.17) is 4.74 Å². The molecule has 20 heavy (non-hydrogen) atoms. The van der Waals surface area contributed by atoms with Crippen LogP contribution in [0.15, 0.2) is 0 Å². The minimum atomic E-state index is -2.49. The van der Waals surface area contributed by atoms with Gasteiger partial charge in [-0.2, -0.15) is 0 Å². The van der Waals surface area contributed by atoms with Crippen molar-refractivity contribution in [3.05, 3.63) is 0 Å². The second kappa shape index (κ2) is 8.26. The van der Waals surface area contributed by atoms with E-state index >= 15 is 0 Å². The number of nitrogens with one attached hydrogen (secondary N) is 1. The Morgan fingerprint density at radius 1 is 1.35 bits per heavy atom. The first-order valence-corrected chi connectivity index (χ1v) is 6.96. The Morgan fingerprint density at radius 2 is 2.00 bits per heavy atom. The summed E-state index contributed by atoms with van der Waals surface area (Å²) in [7, 11) is 0. The summed E-state index contributed by atoms with van der Waals surface area (Å²) in [5.74, 6) is -0.396. The first kappa shape index (κ1) is 17.0. The molecule has 1 N–H and O–H groups in total. The zero-order valence-corrected chi connectivity index (χ0v) is 11.9. The number of ether oxygens (including phenoxy) is 1. The lowest BCUT2D eigenvalue weighted by atomic mass is 10.1. The molecule has 0 aliphatic carbocycles. The number of rotatable bonds is 9. The van der Waals surface area contributed by atoms with E-state index in [-0.39, 0.29) is 37.4 Å². The van der Waals surface area contributed by atoms with Gasteiger partial charge in [-0.15, -0.1) is 0 Å². The Labute approximate surface area is 117 Å². The number of imide groups is 1. The molecule has 0 aromatic heterocycles. The maximum atomic E-state index is 12.1. The third-order valence-corrected chi connectivity index (χ3v) is 3.37. The molecule has 0 saturated carbocycles. The van der Waals surface area contributed by atoms with E-state index in [0.717, 1.165) is 12.8 Å². The van der Waals surface area contributed by atoms with E-state index < -0.39 is 19.1 Å². The van der Waals surface area contributed by atoms with Crippen molar-refractivity contribution in [3.63, 3.8) is 0 Å². The smallest absolute Gasteiger partial charge is 0.261 e. The second-order valence-electron chi connectivity index (χ2n) is 4.75. The summed E-state index contributed by atoms with van der Waals surface area (Å²) < 4.78 is 28.4. The molecule has 7 heteroatoms. The summed E-state index contributed by atoms with van der Waals surface area (Å²) in [6, 6.07) is -0.616. The lowest BCUT2D eigenvalue weighted by molar-refractivity contribution is -0.141. The number of carbonyl (C=O) groups is 2. The van der Waals surface area contributed by atoms with Crippen molar-refractivity contribution in [2.75, 3.05) is 19.8 Å². The van der Waals surface area contributed by atoms with Crippen LogP contribution in [-0.2, 0) is 14.3 Å². The lowest BCUT2D eigenvalue weighted by Gasteiger charge is -2.24. The van der Waals surface area contributed by atoms with Gasteiger partial charge in [0.05, 0.1) is 19.1 Å². The van der Waals surface area contributed by atoms with Gasteiger partial charge in [0.15, 0.2) is 0 Å². The number of amides is 2. The SMILES string of the molecule is CCC(CC)N1C(=O)CC(NCCOCC(F)F)C1=O. The summed E-state index contributed by atoms with van der Waals surface area (Å²) in [6.45, 7) is 3.63. The Hall–Kier alpha value is -1.08. The normalized spacial score (nSPS) is 19.7. The van der Waals surface area contributed by atoms with E-state index in [1.54, 1.807) is 0 Å². The highest BCUT2D eigenvalue weighted by Gasteiger charge is 2.40. The van der Waals surface area contributed by atoms with Gasteiger partial charge in [-0.3, -0.25) is 14.5 Å². The van der Waals surface area contributed by atoms with Crippen LogP contribution >= 0.6 is 0 Å². The van der Waals surface area contributed by atoms with Crippen LogP contribution in [0.5, 0.6) is 0 Å². The predicted molar refractivity (Wildman–Crippen MR) is 69.5 cm³/mol. The molecule has 1 saturated heterocycles. The van der Waals surface area contributed by atoms with E-state index in [1.165, 1.54) is 4.90 Å². The summed E-state index contributed by atoms with van der Waals surface area (Å²) in [6.07, 6.45) is -0.893. The maximum absolute atomic E-state index is 12.1. The zero-order chi connectivity index (χ0) is 15.1. The van der Waals surface area contributed by atoms with Crippen LogP contribution in [0.3, 0.4) is 0 Å². The first-order chi connectivity index (χ1) is 9.51. The van der Waals surface area contributed by atoms with Crippen LogP contribution in [0.25, 0.3) is 0 Å². The molecule has 2 amide bonds. The van der Waals surface area contributed by atoms with Crippen molar-refractivity contribution in [2.24, 2.45) is 0 Å². The van der Waals surface area contributed by atoms with Gasteiger partial charge in [-0.25, -0.2) is 8.78 Å². The minimum Gasteiger partial charge on any atom is -0.374 e. The molecule has 0 aromatic rings. The Bertz CT molecular complexity index is 336. The van der Waals surface area contributed by atoms with Crippen LogP contribution in [0, 0.1) is 0 Å². The molecule has 0 bridgehead atoms. The summed E-state index contributed by atoms with van der Waals surface area (Å²) in [5, 5.41) is 2.89. The first-order valence-electron chi connectivity index (χ1n) is 6.96. The standard InChI is InChI=1S/C13H22F2N2O3/c1-3-9(4-2)17-12(18)7-10(13(17)19)16-5-6-20-8-11(14)15/h9-11,16H,3-8H2,1-2H3. The molecule has 1 aliphatic rings. The molecule has 1 unspecified atom stereocenters. The Balaban J connectivity index is 2.38. The number of carbonyl (C=O) groups excluding carboxylic acids is 2. The molecule has 1 rings (SSSR count). The zero-order valence-electron chi connectivity index (χ0n) is 11.9. The van der Waals surface area contributed by atoms with Gasteiger partial charge in [-0.05, 0) is 12.8 Å². The fourth-order valence-corrected chi connectivity index (χ4v) is 2.33. The average Bonchev–Trinajstić information content (AvgIpc) is 2.67. The van der Waals surface area contributed by atoms with Crippen molar-refractivity contribution < 1.29 is 23.1 Å². The fourth-order valence-electron chi connectivity index (χ4n) is 2.33. The lowest BCUT2D eigenvalue weighted by Crippen LogP contribution is -2.44. The second-order valence-corrected chi connectivity index (χ2v) is 4.75. The Kier molecular flexibility index (Phi) is 7.01. The predicted octanol–water partition coefficient (Wildman–Crippen LogP) is 1.17. The Morgan fingerprint density at radius 3 is 2.55 bits per heavy atom. The van der Waals surface area contributed by atoms with E-state index in [9.17, 15) is 18.4 Å². The molecular weight excluding hydrogens is 270 g/mol. The van der Waals surface area contributed by atoms with Crippen molar-refractivity contribution in [1.82, 2.24) is 10.2 Å². The number of hydrogen-bond donors (Lipinski definition) is 1. The number of likely N-dealkylation sites (tertiary alicyclic amines) is 1. The van der Waals surface area contributed by atoms with Crippen molar-refractivity contribution in [1.29, 1.82) is 0 Å². The fraction of sp³-hybridized carbons (Fsp3) is 0.846. The molecule has 5 nitrogen and oxygen atoms in total. The summed E-state index contributed by atoms with van der Waals surface area (Å²) in [4.78, 5) is 25.3. The molecule has 116 valence electrons. The molecule has 0 spiro atoms. The summed E-state index contributed by atoms with van der Waals surface area (Å²) in [5.41, 5.74) is 0. The quantitative estimate of drug-likeness (QED) is 0.512. The molecule has 0 radical (unpaired) electrons. The van der Waals surface area contributed by atoms with Gasteiger partial charge in [-0.1, -0.05) is 13.8 Å². The van der Waals surface area contributed by atoms with Gasteiger partial charge in [0.2, 0.25) is 11.8 Å². The number of hydrogen-bond acceptors (Lipinski definition) is 4. The topological polar surface area (TPSA) is 58.6 Å². The monoisotopic (exact) mass is 292 g/mol. The van der Waals surface area contributed by atoms with Crippen molar-refractivity contribution in [3.8, 4) is 0 Å². The highest BCUT2D eigenvalue weighted by Crippen LogP contribution is 2.19. The van der Waals surface area contributed by atoms with Crippen LogP contribution in [0.2, 0.25) is 0 Å². The third kappa shape index (κ3) is 4.49. The van der Waals surface area contributed by atoms with Gasteiger partial charge in [0.1, 0.15) is 6.61 Å². The summed E-state index contributed by atoms with van der Waals surface area (Å²) >= 11 is 0. The van der Waals surface area contributed by atoms with Crippen molar-refractivity contribution in [2.45, 2.75) is 51.6 Å². The van der Waals surface area contributed by atoms with Crippen LogP contribution in [-0.4, -0.2) is 55.0 Å². The van der Waals surface area contributed by atoms with Crippen LogP contribution in [0.4, 0.5) is 8.78 Å². The van der Waals surface area contributed by atoms with E-state index in [2.05, 4.69) is 5.32 Å². The molecule has 1 aliphatic heterocycles. The molecule has 1 atom stereocenters. The van der Waals surface area contributed by atoms with E-state index in [0.29, 0.717) is 0 Å². The van der Waals surface area contributed by atoms with Gasteiger partial charge < -0.3 is 10.1 Å². The molecule has 1 heterocycles. The van der Waals surface area contributed by atoms with Gasteiger partial charge in [0.25, 0.3) is 6.43 Å². The third-order valence-electron chi connectivity index (χ3n) is 3.37. The minimum absolute atomic E-state index is 0.0584. The highest BCUT2D eigenvalue weighted by atomic mass is 19.3. The molecule has 1 fully saturated rings. The number of alkyl halides is 2. The number of halogens is 2. The van der Waals surface area contributed by atoms with Crippen LogP contribution < -0.4 is 5.32 Å². The highest BCUT2D eigenvalue weighted by molar-refractivity contribution is 6.05. The van der Waals surface area contributed by atoms with Crippen molar-refractivity contribution >= 4 is 11.8 Å². The molecule has 0 aromatic carbocycles. The maximum Gasteiger partial charge on any atom is 0.261 e. The largest absolute Gasteiger partial charge is 0.374 e. The number of nitrogens with zero attached hydrogens (tertiary/aromatic N) is 1. The van der Waals surface area contributed by atoms with Gasteiger partial charge in [0, 0.05) is 12.6 Å².